The Labute approximate surface area is 256 Å². The van der Waals surface area contributed by atoms with Gasteiger partial charge in [-0.3, -0.25) is 9.52 Å². The van der Waals surface area contributed by atoms with Gasteiger partial charge in [-0.25, -0.2) is 8.42 Å². The van der Waals surface area contributed by atoms with Crippen LogP contribution in [0.5, 0.6) is 0 Å². The van der Waals surface area contributed by atoms with Gasteiger partial charge < -0.3 is 19.9 Å². The van der Waals surface area contributed by atoms with Crippen molar-refractivity contribution in [1.29, 1.82) is 0 Å². The number of nitrogens with one attached hydrogen (secondary N) is 2. The van der Waals surface area contributed by atoms with Crippen molar-refractivity contribution in [2.45, 2.75) is 48.7 Å². The van der Waals surface area contributed by atoms with Crippen LogP contribution in [0.15, 0.2) is 113 Å². The maximum absolute atomic E-state index is 12.8. The highest BCUT2D eigenvalue weighted by Crippen LogP contribution is 2.43. The predicted molar refractivity (Wildman–Crippen MR) is 168 cm³/mol. The molecular weight excluding hydrogens is 585 g/mol. The van der Waals surface area contributed by atoms with Crippen LogP contribution in [0.1, 0.15) is 42.9 Å². The molecule has 1 fully saturated rings. The molecule has 0 aliphatic carbocycles. The zero-order valence-corrected chi connectivity index (χ0v) is 25.5. The highest BCUT2D eigenvalue weighted by molar-refractivity contribution is 7.99. The van der Waals surface area contributed by atoms with Crippen LogP contribution in [0.3, 0.4) is 0 Å². The Morgan fingerprint density at radius 3 is 2.09 bits per heavy atom. The van der Waals surface area contributed by atoms with Gasteiger partial charge in [0.25, 0.3) is 10.0 Å². The lowest BCUT2D eigenvalue weighted by Crippen LogP contribution is -2.38. The van der Waals surface area contributed by atoms with E-state index in [1.165, 1.54) is 6.92 Å². The molecule has 0 spiro atoms. The summed E-state index contributed by atoms with van der Waals surface area (Å²) in [7, 11) is -3.71. The molecule has 1 amide bonds. The monoisotopic (exact) mass is 618 g/mol. The topological polar surface area (TPSA) is 114 Å². The van der Waals surface area contributed by atoms with Crippen molar-refractivity contribution in [1.82, 2.24) is 0 Å². The Morgan fingerprint density at radius 1 is 0.837 bits per heavy atom. The molecule has 1 heterocycles. The second-order valence-electron chi connectivity index (χ2n) is 10.4. The summed E-state index contributed by atoms with van der Waals surface area (Å²) in [6.45, 7) is 3.55. The normalized spacial score (nSPS) is 20.3. The smallest absolute Gasteiger partial charge is 0.261 e. The molecule has 4 atom stereocenters. The molecule has 0 bridgehead atoms. The van der Waals surface area contributed by atoms with Gasteiger partial charge in [-0.05, 0) is 59.7 Å². The number of rotatable bonds is 10. The van der Waals surface area contributed by atoms with E-state index in [-0.39, 0.29) is 35.5 Å². The van der Waals surface area contributed by atoms with Crippen molar-refractivity contribution < 1.29 is 27.8 Å². The van der Waals surface area contributed by atoms with Crippen molar-refractivity contribution in [2.75, 3.05) is 15.8 Å². The lowest BCUT2D eigenvalue weighted by molar-refractivity contribution is -0.268. The summed E-state index contributed by atoms with van der Waals surface area (Å²) in [4.78, 5) is 12.6. The minimum atomic E-state index is -3.71. The van der Waals surface area contributed by atoms with Crippen LogP contribution >= 0.6 is 11.8 Å². The average Bonchev–Trinajstić information content (AvgIpc) is 3.02. The van der Waals surface area contributed by atoms with E-state index in [1.54, 1.807) is 66.4 Å². The van der Waals surface area contributed by atoms with E-state index in [0.29, 0.717) is 11.4 Å². The van der Waals surface area contributed by atoms with Gasteiger partial charge in [0.1, 0.15) is 0 Å². The number of sulfonamides is 1. The molecule has 43 heavy (non-hydrogen) atoms. The first-order chi connectivity index (χ1) is 20.7. The molecule has 5 rings (SSSR count). The number of hydrogen-bond donors (Lipinski definition) is 3. The first-order valence-electron chi connectivity index (χ1n) is 13.9. The third-order valence-corrected chi connectivity index (χ3v) is 9.70. The number of aliphatic hydroxyl groups excluding tert-OH is 1. The van der Waals surface area contributed by atoms with Crippen molar-refractivity contribution in [2.24, 2.45) is 5.92 Å². The standard InChI is InChI=1S/C33H34N2O6S2/c1-22-31(21-42-29-18-16-27(17-19-29)34-23(2)37)40-33(41-32(22)25-10-8-24(20-36)9-11-25)26-12-14-28(15-13-26)35-43(38,39)30-6-4-3-5-7-30/h3-19,22,31-33,35-36H,20-21H2,1-2H3,(H,34,37). The van der Waals surface area contributed by atoms with Crippen molar-refractivity contribution in [3.63, 3.8) is 0 Å². The Morgan fingerprint density at radius 2 is 1.47 bits per heavy atom. The van der Waals surface area contributed by atoms with E-state index < -0.39 is 16.3 Å². The highest BCUT2D eigenvalue weighted by atomic mass is 32.2. The second kappa shape index (κ2) is 13.7. The molecule has 0 radical (unpaired) electrons. The fraction of sp³-hybridized carbons (Fsp3) is 0.242. The average molecular weight is 619 g/mol. The molecule has 1 aliphatic heterocycles. The first kappa shape index (κ1) is 30.8. The Kier molecular flexibility index (Phi) is 9.84. The lowest BCUT2D eigenvalue weighted by atomic mass is 9.91. The van der Waals surface area contributed by atoms with Crippen LogP contribution in [-0.2, 0) is 30.9 Å². The van der Waals surface area contributed by atoms with Crippen LogP contribution in [0.4, 0.5) is 11.4 Å². The molecule has 10 heteroatoms. The van der Waals surface area contributed by atoms with E-state index in [1.807, 2.05) is 48.5 Å². The third-order valence-electron chi connectivity index (χ3n) is 7.20. The number of amides is 1. The van der Waals surface area contributed by atoms with E-state index in [0.717, 1.165) is 27.3 Å². The van der Waals surface area contributed by atoms with Crippen molar-refractivity contribution in [3.05, 3.63) is 120 Å². The third kappa shape index (κ3) is 7.84. The van der Waals surface area contributed by atoms with Gasteiger partial charge in [0.15, 0.2) is 6.29 Å². The summed E-state index contributed by atoms with van der Waals surface area (Å²) >= 11 is 1.66. The Hall–Kier alpha value is -3.67. The SMILES string of the molecule is CC(=O)Nc1ccc(SCC2OC(c3ccc(NS(=O)(=O)c4ccccc4)cc3)OC(c3ccc(CO)cc3)C2C)cc1. The van der Waals surface area contributed by atoms with Crippen LogP contribution in [0, 0.1) is 5.92 Å². The summed E-state index contributed by atoms with van der Waals surface area (Å²) in [5.74, 6) is 0.565. The lowest BCUT2D eigenvalue weighted by Gasteiger charge is -2.41. The molecule has 1 saturated heterocycles. The number of ether oxygens (including phenoxy) is 2. The number of anilines is 2. The summed E-state index contributed by atoms with van der Waals surface area (Å²) in [6.07, 6.45) is -1.11. The molecule has 8 nitrogen and oxygen atoms in total. The van der Waals surface area contributed by atoms with Crippen molar-refractivity contribution >= 4 is 39.1 Å². The molecule has 3 N–H and O–H groups in total. The van der Waals surface area contributed by atoms with Crippen LogP contribution < -0.4 is 10.0 Å². The number of carbonyl (C=O) groups is 1. The Balaban J connectivity index is 1.34. The predicted octanol–water partition coefficient (Wildman–Crippen LogP) is 6.52. The van der Waals surface area contributed by atoms with Crippen LogP contribution in [0.25, 0.3) is 0 Å². The fourth-order valence-electron chi connectivity index (χ4n) is 4.85. The number of benzene rings is 4. The number of thioether (sulfide) groups is 1. The molecule has 4 unspecified atom stereocenters. The molecular formula is C33H34N2O6S2. The minimum Gasteiger partial charge on any atom is -0.392 e. The maximum Gasteiger partial charge on any atom is 0.261 e. The van der Waals surface area contributed by atoms with Gasteiger partial charge in [-0.15, -0.1) is 11.8 Å². The molecule has 0 aromatic heterocycles. The number of carbonyl (C=O) groups excluding carboxylic acids is 1. The summed E-state index contributed by atoms with van der Waals surface area (Å²) < 4.78 is 41.2. The van der Waals surface area contributed by atoms with Gasteiger partial charge in [-0.1, -0.05) is 61.5 Å². The van der Waals surface area contributed by atoms with Crippen LogP contribution in [0.2, 0.25) is 0 Å². The Bertz CT molecular complexity index is 1610. The molecule has 0 saturated carbocycles. The zero-order chi connectivity index (χ0) is 30.4. The van der Waals surface area contributed by atoms with E-state index in [2.05, 4.69) is 17.0 Å². The van der Waals surface area contributed by atoms with Crippen molar-refractivity contribution in [3.8, 4) is 0 Å². The minimum absolute atomic E-state index is 0.0133. The fourth-order valence-corrected chi connectivity index (χ4v) is 7.00. The molecule has 224 valence electrons. The molecule has 4 aromatic carbocycles. The van der Waals surface area contributed by atoms with E-state index in [4.69, 9.17) is 9.47 Å². The van der Waals surface area contributed by atoms with Gasteiger partial charge in [-0.2, -0.15) is 0 Å². The quantitative estimate of drug-likeness (QED) is 0.173. The zero-order valence-electron chi connectivity index (χ0n) is 23.8. The largest absolute Gasteiger partial charge is 0.392 e. The summed E-state index contributed by atoms with van der Waals surface area (Å²) in [5, 5.41) is 12.3. The summed E-state index contributed by atoms with van der Waals surface area (Å²) in [5.41, 5.74) is 3.75. The maximum atomic E-state index is 12.8. The van der Waals surface area contributed by atoms with E-state index >= 15 is 0 Å². The van der Waals surface area contributed by atoms with Gasteiger partial charge in [0.05, 0.1) is 23.7 Å². The highest BCUT2D eigenvalue weighted by Gasteiger charge is 2.38. The van der Waals surface area contributed by atoms with Crippen LogP contribution in [-0.4, -0.2) is 31.3 Å². The number of hydrogen-bond acceptors (Lipinski definition) is 7. The summed E-state index contributed by atoms with van der Waals surface area (Å²) in [6, 6.07) is 30.7. The number of aliphatic hydroxyl groups is 1. The van der Waals surface area contributed by atoms with Gasteiger partial charge >= 0.3 is 0 Å². The van der Waals surface area contributed by atoms with Gasteiger partial charge in [0.2, 0.25) is 5.91 Å². The van der Waals surface area contributed by atoms with E-state index in [9.17, 15) is 18.3 Å². The van der Waals surface area contributed by atoms with Gasteiger partial charge in [0, 0.05) is 40.4 Å². The molecule has 4 aromatic rings. The first-order valence-corrected chi connectivity index (χ1v) is 16.4. The second-order valence-corrected chi connectivity index (χ2v) is 13.2. The molecule has 1 aliphatic rings.